The maximum Gasteiger partial charge on any atom is 0.221 e. The van der Waals surface area contributed by atoms with Crippen molar-refractivity contribution in [1.82, 2.24) is 9.97 Å². The number of carbonyl (C=O) groups is 1. The lowest BCUT2D eigenvalue weighted by molar-refractivity contribution is -0.114. The van der Waals surface area contributed by atoms with E-state index in [1.165, 1.54) is 13.8 Å². The number of halogens is 3. The third-order valence-corrected chi connectivity index (χ3v) is 6.43. The Morgan fingerprint density at radius 3 is 2.47 bits per heavy atom. The summed E-state index contributed by atoms with van der Waals surface area (Å²) in [5.41, 5.74) is 2.19. The number of ether oxygens (including phenoxy) is 1. The molecule has 0 saturated heterocycles. The third kappa shape index (κ3) is 6.28. The molecule has 3 rings (SSSR count). The van der Waals surface area contributed by atoms with Gasteiger partial charge in [0.15, 0.2) is 17.3 Å². The Bertz CT molecular complexity index is 1220. The van der Waals surface area contributed by atoms with Crippen LogP contribution in [0.2, 0.25) is 0 Å². The summed E-state index contributed by atoms with van der Waals surface area (Å²) in [7, 11) is 0.186. The molecule has 0 spiro atoms. The molecule has 34 heavy (non-hydrogen) atoms. The van der Waals surface area contributed by atoms with E-state index < -0.39 is 27.1 Å². The topological polar surface area (TPSA) is 90.1 Å². The Balaban J connectivity index is 0.000000257. The SMILES string of the molecule is CCC(C)c1c(NC(C)=O)cnc2nc(OC)ccc12.CCc1c(F)cc(S(N)=S)c(F)c1F. The molecule has 0 aliphatic carbocycles. The lowest BCUT2D eigenvalue weighted by Crippen LogP contribution is -2.10. The molecule has 2 heterocycles. The second-order valence-electron chi connectivity index (χ2n) is 7.41. The zero-order chi connectivity index (χ0) is 25.6. The number of amides is 1. The van der Waals surface area contributed by atoms with Gasteiger partial charge in [0.1, 0.15) is 5.82 Å². The number of pyridine rings is 2. The predicted molar refractivity (Wildman–Crippen MR) is 132 cm³/mol. The highest BCUT2D eigenvalue weighted by Gasteiger charge is 2.18. The molecule has 0 radical (unpaired) electrons. The zero-order valence-electron chi connectivity index (χ0n) is 19.5. The van der Waals surface area contributed by atoms with Crippen LogP contribution < -0.4 is 15.2 Å². The van der Waals surface area contributed by atoms with E-state index in [4.69, 9.17) is 9.88 Å². The van der Waals surface area contributed by atoms with Crippen LogP contribution in [0.25, 0.3) is 11.0 Å². The molecule has 3 N–H and O–H groups in total. The minimum Gasteiger partial charge on any atom is -0.481 e. The van der Waals surface area contributed by atoms with Gasteiger partial charge in [-0.3, -0.25) is 9.93 Å². The number of rotatable bonds is 6. The highest BCUT2D eigenvalue weighted by atomic mass is 32.8. The van der Waals surface area contributed by atoms with Crippen molar-refractivity contribution in [2.75, 3.05) is 12.4 Å². The van der Waals surface area contributed by atoms with Gasteiger partial charge in [-0.2, -0.15) is 4.98 Å². The number of nitrogens with one attached hydrogen (secondary N) is 1. The first-order valence-electron chi connectivity index (χ1n) is 10.5. The first-order chi connectivity index (χ1) is 16.0. The van der Waals surface area contributed by atoms with Crippen LogP contribution in [0, 0.1) is 17.5 Å². The Hall–Kier alpha value is -2.63. The molecular formula is C23H27F3N4O2S2. The number of hydrogen-bond donors (Lipinski definition) is 2. The fraction of sp³-hybridized carbons (Fsp3) is 0.348. The third-order valence-electron chi connectivity index (χ3n) is 5.16. The Morgan fingerprint density at radius 2 is 1.94 bits per heavy atom. The summed E-state index contributed by atoms with van der Waals surface area (Å²) in [6.07, 6.45) is 2.72. The van der Waals surface area contributed by atoms with Gasteiger partial charge in [-0.1, -0.05) is 20.8 Å². The quantitative estimate of drug-likeness (QED) is 0.447. The Morgan fingerprint density at radius 1 is 1.26 bits per heavy atom. The molecular weight excluding hydrogens is 485 g/mol. The van der Waals surface area contributed by atoms with Gasteiger partial charge in [0.05, 0.1) is 23.9 Å². The maximum absolute atomic E-state index is 13.2. The Kier molecular flexibility index (Phi) is 9.90. The van der Waals surface area contributed by atoms with E-state index in [-0.39, 0.29) is 22.8 Å². The molecule has 0 aliphatic heterocycles. The lowest BCUT2D eigenvalue weighted by Gasteiger charge is -2.17. The van der Waals surface area contributed by atoms with Crippen molar-refractivity contribution in [3.8, 4) is 5.88 Å². The van der Waals surface area contributed by atoms with Crippen molar-refractivity contribution >= 4 is 43.5 Å². The molecule has 2 aromatic heterocycles. The fourth-order valence-corrected chi connectivity index (χ4v) is 4.15. The molecule has 0 fully saturated rings. The van der Waals surface area contributed by atoms with Crippen molar-refractivity contribution in [1.29, 1.82) is 0 Å². The number of nitrogens with zero attached hydrogens (tertiary/aromatic N) is 2. The standard InChI is InChI=1S/C15H19N3O2.C8H8F3NS2/c1-5-9(2)14-11-6-7-13(20-4)18-15(11)16-8-12(14)17-10(3)19;1-2-4-5(9)3-6(14(12)13)8(11)7(4)10/h6-9H,5H2,1-4H3,(H,17,19);3H,2,12H2,1H3. The molecule has 184 valence electrons. The van der Waals surface area contributed by atoms with E-state index in [2.05, 4.69) is 40.3 Å². The summed E-state index contributed by atoms with van der Waals surface area (Å²) in [6.45, 7) is 7.28. The van der Waals surface area contributed by atoms with E-state index in [1.807, 2.05) is 12.1 Å². The number of fused-ring (bicyclic) bond motifs is 1. The molecule has 6 nitrogen and oxygen atoms in total. The highest BCUT2D eigenvalue weighted by molar-refractivity contribution is 8.27. The summed E-state index contributed by atoms with van der Waals surface area (Å²) in [5.74, 6) is -2.38. The number of carbonyl (C=O) groups excluding carboxylic acids is 1. The summed E-state index contributed by atoms with van der Waals surface area (Å²) in [5, 5.41) is 9.01. The second kappa shape index (κ2) is 12.2. The predicted octanol–water partition coefficient (Wildman–Crippen LogP) is 5.09. The Labute approximate surface area is 203 Å². The van der Waals surface area contributed by atoms with Gasteiger partial charge >= 0.3 is 0 Å². The van der Waals surface area contributed by atoms with Gasteiger partial charge in [-0.05, 0) is 57.3 Å². The van der Waals surface area contributed by atoms with Crippen LogP contribution in [-0.2, 0) is 32.0 Å². The van der Waals surface area contributed by atoms with Crippen LogP contribution in [0.1, 0.15) is 51.2 Å². The van der Waals surface area contributed by atoms with Gasteiger partial charge in [0.25, 0.3) is 0 Å². The van der Waals surface area contributed by atoms with Crippen molar-refractivity contribution in [3.05, 3.63) is 53.0 Å². The largest absolute Gasteiger partial charge is 0.481 e. The van der Waals surface area contributed by atoms with Crippen molar-refractivity contribution in [2.45, 2.75) is 51.3 Å². The van der Waals surface area contributed by atoms with E-state index in [0.29, 0.717) is 17.4 Å². The summed E-state index contributed by atoms with van der Waals surface area (Å²) in [4.78, 5) is 19.7. The smallest absolute Gasteiger partial charge is 0.221 e. The van der Waals surface area contributed by atoms with Gasteiger partial charge in [0, 0.05) is 23.9 Å². The molecule has 3 aromatic rings. The van der Waals surface area contributed by atoms with E-state index in [9.17, 15) is 18.0 Å². The average molecular weight is 513 g/mol. The molecule has 0 bridgehead atoms. The second-order valence-corrected chi connectivity index (χ2v) is 9.53. The fourth-order valence-electron chi connectivity index (χ4n) is 3.30. The van der Waals surface area contributed by atoms with Crippen LogP contribution in [0.5, 0.6) is 5.88 Å². The molecule has 0 saturated carbocycles. The number of aromatic nitrogens is 2. The van der Waals surface area contributed by atoms with Gasteiger partial charge in [-0.15, -0.1) is 0 Å². The van der Waals surface area contributed by atoms with E-state index in [1.54, 1.807) is 13.3 Å². The number of benzene rings is 1. The lowest BCUT2D eigenvalue weighted by atomic mass is 9.94. The highest BCUT2D eigenvalue weighted by Crippen LogP contribution is 2.33. The van der Waals surface area contributed by atoms with Crippen molar-refractivity contribution in [3.63, 3.8) is 0 Å². The minimum atomic E-state index is -1.39. The van der Waals surface area contributed by atoms with Crippen LogP contribution in [0.3, 0.4) is 0 Å². The molecule has 1 amide bonds. The molecule has 2 atom stereocenters. The molecule has 11 heteroatoms. The summed E-state index contributed by atoms with van der Waals surface area (Å²) in [6, 6.07) is 4.63. The van der Waals surface area contributed by atoms with Gasteiger partial charge in [-0.25, -0.2) is 18.2 Å². The van der Waals surface area contributed by atoms with E-state index in [0.717, 1.165) is 29.1 Å². The maximum atomic E-state index is 13.2. The van der Waals surface area contributed by atoms with Crippen molar-refractivity contribution < 1.29 is 22.7 Å². The number of hydrogen-bond acceptors (Lipinski definition) is 5. The van der Waals surface area contributed by atoms with Gasteiger partial charge in [0.2, 0.25) is 11.8 Å². The molecule has 2 unspecified atom stereocenters. The summed E-state index contributed by atoms with van der Waals surface area (Å²) >= 11 is 4.56. The van der Waals surface area contributed by atoms with Crippen LogP contribution in [0.4, 0.5) is 18.9 Å². The van der Waals surface area contributed by atoms with Gasteiger partial charge < -0.3 is 10.1 Å². The monoisotopic (exact) mass is 512 g/mol. The zero-order valence-corrected chi connectivity index (χ0v) is 21.2. The number of methoxy groups -OCH3 is 1. The average Bonchev–Trinajstić information content (AvgIpc) is 2.80. The molecule has 1 aromatic carbocycles. The first-order valence-corrected chi connectivity index (χ1v) is 12.7. The number of nitrogens with two attached hydrogens (primary N) is 1. The molecule has 0 aliphatic rings. The number of anilines is 1. The minimum absolute atomic E-state index is 0.0879. The first kappa shape index (κ1) is 27.6. The van der Waals surface area contributed by atoms with Crippen LogP contribution in [-0.4, -0.2) is 23.0 Å². The van der Waals surface area contributed by atoms with Crippen LogP contribution >= 0.6 is 0 Å². The van der Waals surface area contributed by atoms with Crippen LogP contribution in [0.15, 0.2) is 29.3 Å². The normalized spacial score (nSPS) is 12.5. The summed E-state index contributed by atoms with van der Waals surface area (Å²) < 4.78 is 44.6. The van der Waals surface area contributed by atoms with E-state index >= 15 is 0 Å². The van der Waals surface area contributed by atoms with Crippen molar-refractivity contribution in [2.24, 2.45) is 5.14 Å².